The van der Waals surface area contributed by atoms with Crippen molar-refractivity contribution in [2.24, 2.45) is 5.92 Å². The molecular weight excluding hydrogens is 521 g/mol. The molecule has 1 amide bonds. The second kappa shape index (κ2) is 16.5. The normalized spacial score (nSPS) is 12.1. The first kappa shape index (κ1) is 33.6. The van der Waals surface area contributed by atoms with Crippen LogP contribution in [0.5, 0.6) is 5.75 Å². The van der Waals surface area contributed by atoms with E-state index < -0.39 is 22.0 Å². The number of nitrogens with two attached hydrogens (primary N) is 1. The van der Waals surface area contributed by atoms with Gasteiger partial charge in [0.1, 0.15) is 5.75 Å². The van der Waals surface area contributed by atoms with Crippen LogP contribution in [0.15, 0.2) is 53.4 Å². The molecule has 1 atom stereocenters. The number of carbonyl (C=O) groups is 2. The molecule has 0 aliphatic carbocycles. The first-order valence-corrected chi connectivity index (χ1v) is 13.5. The molecule has 0 saturated carbocycles. The number of aliphatic carboxylic acids is 1. The van der Waals surface area contributed by atoms with Crippen molar-refractivity contribution in [3.8, 4) is 5.75 Å². The Morgan fingerprint density at radius 2 is 1.68 bits per heavy atom. The van der Waals surface area contributed by atoms with Gasteiger partial charge in [-0.25, -0.2) is 8.42 Å². The maximum absolute atomic E-state index is 13.3. The second-order valence-electron chi connectivity index (χ2n) is 9.07. The molecule has 0 unspecified atom stereocenters. The summed E-state index contributed by atoms with van der Waals surface area (Å²) in [7, 11) is -2.48. The van der Waals surface area contributed by atoms with Crippen molar-refractivity contribution in [1.29, 1.82) is 0 Å². The second-order valence-corrected chi connectivity index (χ2v) is 11.0. The van der Waals surface area contributed by atoms with Gasteiger partial charge in [0.15, 0.2) is 0 Å². The van der Waals surface area contributed by atoms with Crippen molar-refractivity contribution in [2.45, 2.75) is 56.9 Å². The largest absolute Gasteiger partial charge is 1.00 e. The summed E-state index contributed by atoms with van der Waals surface area (Å²) >= 11 is 0. The van der Waals surface area contributed by atoms with Crippen LogP contribution in [-0.2, 0) is 26.0 Å². The number of sulfonamides is 1. The average molecular weight is 558 g/mol. The summed E-state index contributed by atoms with van der Waals surface area (Å²) in [5, 5.41) is 14.8. The van der Waals surface area contributed by atoms with Gasteiger partial charge in [-0.1, -0.05) is 26.0 Å². The molecule has 0 bridgehead atoms. The van der Waals surface area contributed by atoms with E-state index in [9.17, 15) is 23.1 Å². The van der Waals surface area contributed by atoms with Crippen LogP contribution < -0.4 is 72.3 Å². The van der Waals surface area contributed by atoms with E-state index in [-0.39, 0.29) is 81.1 Å². The van der Waals surface area contributed by atoms with Gasteiger partial charge in [-0.05, 0) is 73.6 Å². The Bertz CT molecular complexity index is 1090. The van der Waals surface area contributed by atoms with E-state index in [4.69, 9.17) is 10.5 Å². The molecule has 0 saturated heterocycles. The van der Waals surface area contributed by atoms with Crippen LogP contribution >= 0.6 is 0 Å². The fourth-order valence-electron chi connectivity index (χ4n) is 3.74. The summed E-state index contributed by atoms with van der Waals surface area (Å²) in [5.41, 5.74) is 7.09. The fourth-order valence-corrected chi connectivity index (χ4v) is 5.51. The molecule has 198 valence electrons. The smallest absolute Gasteiger partial charge is 0.548 e. The zero-order valence-electron chi connectivity index (χ0n) is 22.1. The number of benzene rings is 2. The Kier molecular flexibility index (Phi) is 14.9. The number of nitrogens with zero attached hydrogens (tertiary/aromatic N) is 1. The molecule has 37 heavy (non-hydrogen) atoms. The van der Waals surface area contributed by atoms with Crippen molar-refractivity contribution in [1.82, 2.24) is 9.62 Å². The zero-order chi connectivity index (χ0) is 26.7. The maximum Gasteiger partial charge on any atom is 1.00 e. The van der Waals surface area contributed by atoms with Crippen LogP contribution in [0.3, 0.4) is 0 Å². The minimum Gasteiger partial charge on any atom is -0.548 e. The summed E-state index contributed by atoms with van der Waals surface area (Å²) in [6.45, 7) is 4.04. The van der Waals surface area contributed by atoms with Crippen LogP contribution in [0, 0.1) is 5.92 Å². The number of nitrogens with one attached hydrogen (secondary N) is 1. The van der Waals surface area contributed by atoms with E-state index in [1.807, 2.05) is 38.1 Å². The van der Waals surface area contributed by atoms with Crippen molar-refractivity contribution >= 4 is 27.6 Å². The molecule has 0 spiro atoms. The number of aryl methyl sites for hydroxylation is 1. The summed E-state index contributed by atoms with van der Waals surface area (Å²) in [6.07, 6.45) is 1.91. The van der Waals surface area contributed by atoms with Crippen LogP contribution in [-0.4, -0.2) is 50.8 Å². The molecule has 2 aromatic carbocycles. The third-order valence-electron chi connectivity index (χ3n) is 5.68. The molecular formula is C26H36KN3O6S. The van der Waals surface area contributed by atoms with Gasteiger partial charge >= 0.3 is 51.4 Å². The maximum atomic E-state index is 13.3. The van der Waals surface area contributed by atoms with Gasteiger partial charge < -0.3 is 25.7 Å². The van der Waals surface area contributed by atoms with Crippen molar-refractivity contribution in [2.75, 3.05) is 25.9 Å². The van der Waals surface area contributed by atoms with Crippen LogP contribution in [0.4, 0.5) is 5.69 Å². The van der Waals surface area contributed by atoms with Gasteiger partial charge in [-0.3, -0.25) is 4.79 Å². The SMILES string of the molecule is COc1ccc(CCC(=O)NCCCC[C@@H](C(=O)[O-])N(CC(C)C)S(=O)(=O)c2ccc(N)cc2)cc1.[K+]. The summed E-state index contributed by atoms with van der Waals surface area (Å²) in [6, 6.07) is 11.9. The third-order valence-corrected chi connectivity index (χ3v) is 7.57. The zero-order valence-corrected chi connectivity index (χ0v) is 26.0. The standard InChI is InChI=1S/C26H37N3O6S.K/c1-19(2)18-29(36(33,34)23-14-10-21(27)11-15-23)24(26(31)32)6-4-5-17-28-25(30)16-9-20-7-12-22(35-3)13-8-20;/h7-8,10-15,19,24H,4-6,9,16-18,27H2,1-3H3,(H,28,30)(H,31,32);/q;+1/p-1/t24-;/m0./s1. The molecule has 0 aliphatic rings. The number of carbonyl (C=O) groups excluding carboxylic acids is 2. The van der Waals surface area contributed by atoms with Gasteiger partial charge in [0.05, 0.1) is 24.0 Å². The van der Waals surface area contributed by atoms with E-state index in [1.165, 1.54) is 24.3 Å². The molecule has 3 N–H and O–H groups in total. The number of methoxy groups -OCH3 is 1. The molecule has 0 radical (unpaired) electrons. The Hall–Kier alpha value is -1.47. The Morgan fingerprint density at radius 3 is 2.22 bits per heavy atom. The minimum absolute atomic E-state index is 0. The monoisotopic (exact) mass is 557 g/mol. The predicted molar refractivity (Wildman–Crippen MR) is 137 cm³/mol. The molecule has 11 heteroatoms. The van der Waals surface area contributed by atoms with E-state index >= 15 is 0 Å². The van der Waals surface area contributed by atoms with Gasteiger partial charge in [0.2, 0.25) is 15.9 Å². The molecule has 0 aromatic heterocycles. The van der Waals surface area contributed by atoms with E-state index in [1.54, 1.807) is 7.11 Å². The first-order valence-electron chi connectivity index (χ1n) is 12.0. The van der Waals surface area contributed by atoms with Gasteiger partial charge in [-0.15, -0.1) is 0 Å². The number of unbranched alkanes of at least 4 members (excludes halogenated alkanes) is 1. The van der Waals surface area contributed by atoms with Gasteiger partial charge in [-0.2, -0.15) is 4.31 Å². The number of carboxylic acid groups (broad SMARTS) is 1. The molecule has 2 rings (SSSR count). The summed E-state index contributed by atoms with van der Waals surface area (Å²) in [4.78, 5) is 24.1. The summed E-state index contributed by atoms with van der Waals surface area (Å²) < 4.78 is 32.6. The van der Waals surface area contributed by atoms with Crippen molar-refractivity contribution in [3.63, 3.8) is 0 Å². The number of rotatable bonds is 15. The van der Waals surface area contributed by atoms with Crippen LogP contribution in [0.2, 0.25) is 0 Å². The molecule has 9 nitrogen and oxygen atoms in total. The van der Waals surface area contributed by atoms with Gasteiger partial charge in [0, 0.05) is 25.2 Å². The quantitative estimate of drug-likeness (QED) is 0.162. The number of anilines is 1. The van der Waals surface area contributed by atoms with Crippen molar-refractivity contribution < 1.29 is 79.2 Å². The Balaban J connectivity index is 0.00000684. The summed E-state index contributed by atoms with van der Waals surface area (Å²) in [5.74, 6) is -0.889. The minimum atomic E-state index is -4.07. The molecule has 0 aliphatic heterocycles. The van der Waals surface area contributed by atoms with E-state index in [0.29, 0.717) is 37.9 Å². The number of ether oxygens (including phenoxy) is 1. The van der Waals surface area contributed by atoms with Gasteiger partial charge in [0.25, 0.3) is 0 Å². The fraction of sp³-hybridized carbons (Fsp3) is 0.462. The topological polar surface area (TPSA) is 142 Å². The Labute approximate surface area is 262 Å². The number of carboxylic acids is 1. The number of hydrogen-bond donors (Lipinski definition) is 2. The number of hydrogen-bond acceptors (Lipinski definition) is 7. The first-order chi connectivity index (χ1) is 17.0. The molecule has 0 fully saturated rings. The van der Waals surface area contributed by atoms with Crippen LogP contribution in [0.25, 0.3) is 0 Å². The molecule has 0 heterocycles. The van der Waals surface area contributed by atoms with E-state index in [2.05, 4.69) is 5.32 Å². The predicted octanol–water partition coefficient (Wildman–Crippen LogP) is -1.03. The van der Waals surface area contributed by atoms with Crippen LogP contribution in [0.1, 0.15) is 45.1 Å². The number of amides is 1. The Morgan fingerprint density at radius 1 is 1.05 bits per heavy atom. The number of nitrogen functional groups attached to an aromatic ring is 1. The molecule has 2 aromatic rings. The third kappa shape index (κ3) is 11.0. The van der Waals surface area contributed by atoms with Crippen molar-refractivity contribution in [3.05, 3.63) is 54.1 Å². The average Bonchev–Trinajstić information content (AvgIpc) is 2.84. The van der Waals surface area contributed by atoms with E-state index in [0.717, 1.165) is 15.6 Å².